The van der Waals surface area contributed by atoms with Gasteiger partial charge in [-0.1, -0.05) is 36.5 Å². The van der Waals surface area contributed by atoms with Crippen molar-refractivity contribution in [2.45, 2.75) is 32.1 Å². The minimum Gasteiger partial charge on any atom is -0.340 e. The normalized spacial score (nSPS) is 13.9. The van der Waals surface area contributed by atoms with Gasteiger partial charge in [0.25, 0.3) is 0 Å². The Labute approximate surface area is 134 Å². The molecule has 1 fully saturated rings. The first-order valence-corrected chi connectivity index (χ1v) is 8.41. The van der Waals surface area contributed by atoms with Crippen molar-refractivity contribution in [3.05, 3.63) is 34.8 Å². The average molecular weight is 316 g/mol. The van der Waals surface area contributed by atoms with Gasteiger partial charge < -0.3 is 10.2 Å². The maximum atomic E-state index is 12.2. The van der Waals surface area contributed by atoms with Crippen LogP contribution in [-0.2, 0) is 11.2 Å². The molecule has 1 aromatic carbocycles. The third kappa shape index (κ3) is 3.44. The van der Waals surface area contributed by atoms with E-state index in [1.807, 2.05) is 36.2 Å². The average Bonchev–Trinajstić information content (AvgIpc) is 3.24. The van der Waals surface area contributed by atoms with Gasteiger partial charge in [-0.05, 0) is 30.9 Å². The fourth-order valence-corrected chi connectivity index (χ4v) is 3.27. The maximum Gasteiger partial charge on any atom is 0.243 e. The van der Waals surface area contributed by atoms with E-state index in [2.05, 4.69) is 22.4 Å². The number of rotatable bonds is 6. The molecule has 1 aliphatic carbocycles. The summed E-state index contributed by atoms with van der Waals surface area (Å²) < 4.78 is 0. The lowest BCUT2D eigenvalue weighted by molar-refractivity contribution is -0.114. The Hall–Kier alpha value is -1.95. The van der Waals surface area contributed by atoms with Crippen LogP contribution in [0.1, 0.15) is 36.3 Å². The fraction of sp³-hybridized carbons (Fsp3) is 0.438. The Morgan fingerprint density at radius 2 is 2.14 bits per heavy atom. The van der Waals surface area contributed by atoms with Gasteiger partial charge in [-0.2, -0.15) is 0 Å². The Kier molecular flexibility index (Phi) is 4.38. The molecule has 116 valence electrons. The van der Waals surface area contributed by atoms with Crippen LogP contribution in [0.15, 0.2) is 24.3 Å². The molecule has 1 aliphatic rings. The van der Waals surface area contributed by atoms with Crippen LogP contribution in [0.4, 0.5) is 10.8 Å². The maximum absolute atomic E-state index is 12.2. The molecule has 1 heterocycles. The number of nitrogens with one attached hydrogen (secondary N) is 1. The van der Waals surface area contributed by atoms with Crippen molar-refractivity contribution < 1.29 is 4.79 Å². The Morgan fingerprint density at radius 1 is 1.36 bits per heavy atom. The summed E-state index contributed by atoms with van der Waals surface area (Å²) in [6, 6.07) is 7.89. The Balaban J connectivity index is 1.60. The fourth-order valence-electron chi connectivity index (χ4n) is 2.30. The van der Waals surface area contributed by atoms with Crippen molar-refractivity contribution in [2.75, 3.05) is 23.8 Å². The van der Waals surface area contributed by atoms with Crippen molar-refractivity contribution in [1.29, 1.82) is 0 Å². The molecule has 3 rings (SSSR count). The lowest BCUT2D eigenvalue weighted by Gasteiger charge is -2.15. The van der Waals surface area contributed by atoms with Crippen LogP contribution in [0.2, 0.25) is 0 Å². The summed E-state index contributed by atoms with van der Waals surface area (Å²) in [5.74, 6) is 0.566. The van der Waals surface area contributed by atoms with Gasteiger partial charge in [0, 0.05) is 18.7 Å². The summed E-state index contributed by atoms with van der Waals surface area (Å²) in [5.41, 5.74) is 2.03. The molecule has 0 unspecified atom stereocenters. The zero-order valence-corrected chi connectivity index (χ0v) is 13.7. The summed E-state index contributed by atoms with van der Waals surface area (Å²) >= 11 is 1.59. The number of anilines is 2. The monoisotopic (exact) mass is 316 g/mol. The molecule has 0 spiro atoms. The highest BCUT2D eigenvalue weighted by molar-refractivity contribution is 7.15. The van der Waals surface area contributed by atoms with E-state index in [1.165, 1.54) is 12.8 Å². The summed E-state index contributed by atoms with van der Waals surface area (Å²) in [6.07, 6.45) is 3.33. The Morgan fingerprint density at radius 3 is 2.86 bits per heavy atom. The van der Waals surface area contributed by atoms with E-state index in [-0.39, 0.29) is 12.5 Å². The van der Waals surface area contributed by atoms with Crippen molar-refractivity contribution >= 4 is 28.1 Å². The number of hydrogen-bond acceptors (Lipinski definition) is 5. The minimum absolute atomic E-state index is 0.0356. The van der Waals surface area contributed by atoms with Gasteiger partial charge in [0.15, 0.2) is 0 Å². The molecule has 0 saturated heterocycles. The molecule has 1 saturated carbocycles. The number of amides is 1. The van der Waals surface area contributed by atoms with Crippen LogP contribution in [0, 0.1) is 0 Å². The number of hydrogen-bond donors (Lipinski definition) is 1. The van der Waals surface area contributed by atoms with E-state index < -0.39 is 0 Å². The highest BCUT2D eigenvalue weighted by Gasteiger charge is 2.28. The van der Waals surface area contributed by atoms with Gasteiger partial charge >= 0.3 is 0 Å². The van der Waals surface area contributed by atoms with Crippen LogP contribution in [0.25, 0.3) is 0 Å². The predicted molar refractivity (Wildman–Crippen MR) is 89.6 cm³/mol. The molecule has 2 aromatic rings. The first kappa shape index (κ1) is 15.0. The Bertz CT molecular complexity index is 666. The van der Waals surface area contributed by atoms with Gasteiger partial charge in [-0.25, -0.2) is 0 Å². The smallest absolute Gasteiger partial charge is 0.243 e. The van der Waals surface area contributed by atoms with Crippen LogP contribution in [-0.4, -0.2) is 29.7 Å². The van der Waals surface area contributed by atoms with E-state index in [1.54, 1.807) is 11.3 Å². The quantitative estimate of drug-likeness (QED) is 0.890. The highest BCUT2D eigenvalue weighted by atomic mass is 32.1. The van der Waals surface area contributed by atoms with Gasteiger partial charge in [0.05, 0.1) is 6.54 Å². The van der Waals surface area contributed by atoms with E-state index in [9.17, 15) is 4.79 Å². The second kappa shape index (κ2) is 6.44. The number of carbonyl (C=O) groups excluding carboxylic acids is 1. The summed E-state index contributed by atoms with van der Waals surface area (Å²) in [5, 5.41) is 13.3. The minimum atomic E-state index is -0.0356. The molecule has 1 amide bonds. The first-order valence-electron chi connectivity index (χ1n) is 7.59. The number of carbonyl (C=O) groups is 1. The summed E-state index contributed by atoms with van der Waals surface area (Å²) in [6.45, 7) is 2.36. The molecular formula is C16H20N4OS. The number of aromatic nitrogens is 2. The van der Waals surface area contributed by atoms with E-state index in [4.69, 9.17) is 0 Å². The SMILES string of the molecule is CCc1ccccc1NC(=O)CN(C)c1nnc(C2CC2)s1. The lowest BCUT2D eigenvalue weighted by Crippen LogP contribution is -2.30. The molecule has 5 nitrogen and oxygen atoms in total. The number of benzene rings is 1. The second-order valence-electron chi connectivity index (χ2n) is 5.61. The van der Waals surface area contributed by atoms with Crippen LogP contribution < -0.4 is 10.2 Å². The molecule has 0 aliphatic heterocycles. The third-order valence-corrected chi connectivity index (χ3v) is 4.94. The third-order valence-electron chi connectivity index (χ3n) is 3.74. The van der Waals surface area contributed by atoms with Crippen LogP contribution >= 0.6 is 11.3 Å². The van der Waals surface area contributed by atoms with E-state index >= 15 is 0 Å². The van der Waals surface area contributed by atoms with Crippen molar-refractivity contribution in [2.24, 2.45) is 0 Å². The van der Waals surface area contributed by atoms with Crippen LogP contribution in [0.3, 0.4) is 0 Å². The topological polar surface area (TPSA) is 58.1 Å². The van der Waals surface area contributed by atoms with Crippen LogP contribution in [0.5, 0.6) is 0 Å². The standard InChI is InChI=1S/C16H20N4OS/c1-3-11-6-4-5-7-13(11)17-14(21)10-20(2)16-19-18-15(22-16)12-8-9-12/h4-7,12H,3,8-10H2,1-2H3,(H,17,21). The molecule has 1 N–H and O–H groups in total. The van der Waals surface area contributed by atoms with Crippen molar-refractivity contribution in [1.82, 2.24) is 10.2 Å². The molecule has 6 heteroatoms. The molecule has 0 bridgehead atoms. The zero-order chi connectivity index (χ0) is 15.5. The summed E-state index contributed by atoms with van der Waals surface area (Å²) in [7, 11) is 1.88. The number of likely N-dealkylation sites (N-methyl/N-ethyl adjacent to an activating group) is 1. The predicted octanol–water partition coefficient (Wildman–Crippen LogP) is 3.05. The van der Waals surface area contributed by atoms with Crippen molar-refractivity contribution in [3.8, 4) is 0 Å². The number of aryl methyl sites for hydroxylation is 1. The largest absolute Gasteiger partial charge is 0.340 e. The van der Waals surface area contributed by atoms with Gasteiger partial charge in [-0.15, -0.1) is 10.2 Å². The van der Waals surface area contributed by atoms with Gasteiger partial charge in [0.2, 0.25) is 11.0 Å². The molecule has 1 aromatic heterocycles. The van der Waals surface area contributed by atoms with E-state index in [0.717, 1.165) is 27.8 Å². The second-order valence-corrected chi connectivity index (χ2v) is 6.60. The molecule has 22 heavy (non-hydrogen) atoms. The van der Waals surface area contributed by atoms with E-state index in [0.29, 0.717) is 5.92 Å². The summed E-state index contributed by atoms with van der Waals surface area (Å²) in [4.78, 5) is 14.1. The lowest BCUT2D eigenvalue weighted by atomic mass is 10.1. The van der Waals surface area contributed by atoms with Gasteiger partial charge in [0.1, 0.15) is 5.01 Å². The number of para-hydroxylation sites is 1. The molecule has 0 radical (unpaired) electrons. The van der Waals surface area contributed by atoms with Crippen molar-refractivity contribution in [3.63, 3.8) is 0 Å². The first-order chi connectivity index (χ1) is 10.7. The molecular weight excluding hydrogens is 296 g/mol. The number of nitrogens with zero attached hydrogens (tertiary/aromatic N) is 3. The molecule has 0 atom stereocenters. The van der Waals surface area contributed by atoms with Gasteiger partial charge in [-0.3, -0.25) is 4.79 Å². The zero-order valence-electron chi connectivity index (χ0n) is 12.9. The highest BCUT2D eigenvalue weighted by Crippen LogP contribution is 2.42.